The molecule has 0 unspecified atom stereocenters. The highest BCUT2D eigenvalue weighted by Gasteiger charge is 2.13. The Kier molecular flexibility index (Phi) is 5.37. The first-order valence-electron chi connectivity index (χ1n) is 8.37. The molecule has 136 valence electrons. The van der Waals surface area contributed by atoms with Crippen molar-refractivity contribution in [3.63, 3.8) is 0 Å². The number of hydrogen-bond acceptors (Lipinski definition) is 5. The van der Waals surface area contributed by atoms with Crippen LogP contribution in [0, 0.1) is 20.8 Å². The minimum absolute atomic E-state index is 0.0550. The average Bonchev–Trinajstić information content (AvgIpc) is 2.89. The maximum Gasteiger partial charge on any atom is 0.262 e. The van der Waals surface area contributed by atoms with Gasteiger partial charge in [0.2, 0.25) is 5.91 Å². The van der Waals surface area contributed by atoms with E-state index in [1.807, 2.05) is 45.0 Å². The van der Waals surface area contributed by atoms with E-state index in [9.17, 15) is 9.59 Å². The Balaban J connectivity index is 1.57. The number of hydrogen-bond donors (Lipinski definition) is 1. The molecule has 0 fully saturated rings. The number of nitrogens with zero attached hydrogens (tertiary/aromatic N) is 2. The van der Waals surface area contributed by atoms with E-state index in [4.69, 9.17) is 4.74 Å². The molecule has 0 atom stereocenters. The molecular formula is C19H21N3O3S. The van der Waals surface area contributed by atoms with Crippen molar-refractivity contribution in [2.24, 2.45) is 0 Å². The quantitative estimate of drug-likeness (QED) is 0.676. The molecule has 26 heavy (non-hydrogen) atoms. The number of nitrogens with one attached hydrogen (secondary N) is 1. The van der Waals surface area contributed by atoms with Gasteiger partial charge in [-0.2, -0.15) is 0 Å². The van der Waals surface area contributed by atoms with Crippen molar-refractivity contribution in [1.29, 1.82) is 0 Å². The SMILES string of the molecule is Cc1cccc(OCCNC(=O)Cn2cnc3sc(C)c(C)c3c2=O)c1. The first kappa shape index (κ1) is 18.1. The number of rotatable bonds is 6. The van der Waals surface area contributed by atoms with Gasteiger partial charge in [0.1, 0.15) is 23.7 Å². The maximum absolute atomic E-state index is 12.6. The second-order valence-corrected chi connectivity index (χ2v) is 7.36. The summed E-state index contributed by atoms with van der Waals surface area (Å²) < 4.78 is 6.94. The molecule has 1 amide bonds. The van der Waals surface area contributed by atoms with Crippen molar-refractivity contribution in [3.8, 4) is 5.75 Å². The first-order chi connectivity index (χ1) is 12.5. The van der Waals surface area contributed by atoms with Gasteiger partial charge >= 0.3 is 0 Å². The summed E-state index contributed by atoms with van der Waals surface area (Å²) in [5, 5.41) is 3.36. The second-order valence-electron chi connectivity index (χ2n) is 6.16. The summed E-state index contributed by atoms with van der Waals surface area (Å²) in [5.74, 6) is 0.527. The van der Waals surface area contributed by atoms with E-state index < -0.39 is 0 Å². The largest absolute Gasteiger partial charge is 0.492 e. The summed E-state index contributed by atoms with van der Waals surface area (Å²) in [7, 11) is 0. The number of fused-ring (bicyclic) bond motifs is 1. The van der Waals surface area contributed by atoms with Crippen molar-refractivity contribution in [1.82, 2.24) is 14.9 Å². The molecular weight excluding hydrogens is 350 g/mol. The molecule has 2 heterocycles. The number of aryl methyl sites for hydroxylation is 3. The van der Waals surface area contributed by atoms with E-state index in [2.05, 4.69) is 10.3 Å². The highest BCUT2D eigenvalue weighted by atomic mass is 32.1. The van der Waals surface area contributed by atoms with E-state index in [0.29, 0.717) is 23.4 Å². The molecule has 1 N–H and O–H groups in total. The van der Waals surface area contributed by atoms with Gasteiger partial charge < -0.3 is 10.1 Å². The molecule has 0 saturated carbocycles. The monoisotopic (exact) mass is 371 g/mol. The summed E-state index contributed by atoms with van der Waals surface area (Å²) in [4.78, 5) is 30.8. The Labute approximate surface area is 155 Å². The fourth-order valence-electron chi connectivity index (χ4n) is 2.66. The van der Waals surface area contributed by atoms with Crippen LogP contribution in [-0.2, 0) is 11.3 Å². The lowest BCUT2D eigenvalue weighted by atomic mass is 10.2. The number of carbonyl (C=O) groups excluding carboxylic acids is 1. The minimum atomic E-state index is -0.245. The fraction of sp³-hybridized carbons (Fsp3) is 0.316. The molecule has 0 aliphatic carbocycles. The van der Waals surface area contributed by atoms with Gasteiger partial charge in [0.05, 0.1) is 18.3 Å². The predicted octanol–water partition coefficient (Wildman–Crippen LogP) is 2.58. The van der Waals surface area contributed by atoms with Crippen molar-refractivity contribution in [2.75, 3.05) is 13.2 Å². The minimum Gasteiger partial charge on any atom is -0.492 e. The summed E-state index contributed by atoms with van der Waals surface area (Å²) in [5.41, 5.74) is 1.87. The van der Waals surface area contributed by atoms with Crippen molar-refractivity contribution >= 4 is 27.5 Å². The van der Waals surface area contributed by atoms with Crippen LogP contribution in [0.15, 0.2) is 35.4 Å². The number of carbonyl (C=O) groups is 1. The van der Waals surface area contributed by atoms with Gasteiger partial charge in [-0.1, -0.05) is 12.1 Å². The third-order valence-corrected chi connectivity index (χ3v) is 5.27. The second kappa shape index (κ2) is 7.70. The van der Waals surface area contributed by atoms with Gasteiger partial charge in [0.15, 0.2) is 0 Å². The van der Waals surface area contributed by atoms with E-state index in [1.165, 1.54) is 22.2 Å². The number of aromatic nitrogens is 2. The fourth-order valence-corrected chi connectivity index (χ4v) is 3.65. The van der Waals surface area contributed by atoms with Crippen molar-refractivity contribution < 1.29 is 9.53 Å². The zero-order chi connectivity index (χ0) is 18.7. The van der Waals surface area contributed by atoms with Gasteiger partial charge in [-0.3, -0.25) is 14.2 Å². The lowest BCUT2D eigenvalue weighted by molar-refractivity contribution is -0.121. The third-order valence-electron chi connectivity index (χ3n) is 4.15. The van der Waals surface area contributed by atoms with Gasteiger partial charge in [-0.05, 0) is 44.0 Å². The van der Waals surface area contributed by atoms with Gasteiger partial charge in [-0.15, -0.1) is 11.3 Å². The highest BCUT2D eigenvalue weighted by molar-refractivity contribution is 7.18. The molecule has 0 aliphatic rings. The van der Waals surface area contributed by atoms with E-state index >= 15 is 0 Å². The molecule has 0 saturated heterocycles. The topological polar surface area (TPSA) is 73.2 Å². The van der Waals surface area contributed by atoms with E-state index in [-0.39, 0.29) is 18.0 Å². The molecule has 0 bridgehead atoms. The van der Waals surface area contributed by atoms with Gasteiger partial charge in [0, 0.05) is 4.88 Å². The predicted molar refractivity (Wildman–Crippen MR) is 103 cm³/mol. The standard InChI is InChI=1S/C19H21N3O3S/c1-12-5-4-6-15(9-12)25-8-7-20-16(23)10-22-11-21-18-17(19(22)24)13(2)14(3)26-18/h4-6,9,11H,7-8,10H2,1-3H3,(H,20,23). The Bertz CT molecular complexity index is 1010. The van der Waals surface area contributed by atoms with Gasteiger partial charge in [-0.25, -0.2) is 4.98 Å². The van der Waals surface area contributed by atoms with Crippen LogP contribution in [0.1, 0.15) is 16.0 Å². The molecule has 0 spiro atoms. The van der Waals surface area contributed by atoms with Crippen LogP contribution < -0.4 is 15.6 Å². The number of amides is 1. The Hall–Kier alpha value is -2.67. The smallest absolute Gasteiger partial charge is 0.262 e. The van der Waals surface area contributed by atoms with E-state index in [1.54, 1.807) is 0 Å². The molecule has 1 aromatic carbocycles. The molecule has 0 aliphatic heterocycles. The molecule has 3 aromatic rings. The first-order valence-corrected chi connectivity index (χ1v) is 9.18. The van der Waals surface area contributed by atoms with Crippen LogP contribution >= 0.6 is 11.3 Å². The Morgan fingerprint density at radius 2 is 2.12 bits per heavy atom. The average molecular weight is 371 g/mol. The molecule has 2 aromatic heterocycles. The van der Waals surface area contributed by atoms with Crippen LogP contribution in [0.25, 0.3) is 10.2 Å². The van der Waals surface area contributed by atoms with Crippen LogP contribution in [-0.4, -0.2) is 28.6 Å². The molecule has 6 nitrogen and oxygen atoms in total. The Morgan fingerprint density at radius 3 is 2.88 bits per heavy atom. The van der Waals surface area contributed by atoms with Gasteiger partial charge in [0.25, 0.3) is 5.56 Å². The maximum atomic E-state index is 12.6. The summed E-state index contributed by atoms with van der Waals surface area (Å²) in [6.45, 7) is 6.54. The third kappa shape index (κ3) is 3.94. The van der Waals surface area contributed by atoms with Crippen molar-refractivity contribution in [3.05, 3.63) is 57.0 Å². The zero-order valence-corrected chi connectivity index (χ0v) is 15.9. The summed E-state index contributed by atoms with van der Waals surface area (Å²) in [6.07, 6.45) is 1.43. The summed E-state index contributed by atoms with van der Waals surface area (Å²) in [6, 6.07) is 7.73. The highest BCUT2D eigenvalue weighted by Crippen LogP contribution is 2.25. The molecule has 7 heteroatoms. The lowest BCUT2D eigenvalue weighted by Gasteiger charge is -2.09. The van der Waals surface area contributed by atoms with Crippen LogP contribution in [0.5, 0.6) is 5.75 Å². The Morgan fingerprint density at radius 1 is 1.31 bits per heavy atom. The van der Waals surface area contributed by atoms with Crippen LogP contribution in [0.3, 0.4) is 0 Å². The number of benzene rings is 1. The molecule has 3 rings (SSSR count). The van der Waals surface area contributed by atoms with E-state index in [0.717, 1.165) is 21.8 Å². The number of ether oxygens (including phenoxy) is 1. The van der Waals surface area contributed by atoms with Crippen LogP contribution in [0.2, 0.25) is 0 Å². The summed E-state index contributed by atoms with van der Waals surface area (Å²) >= 11 is 1.49. The lowest BCUT2D eigenvalue weighted by Crippen LogP contribution is -2.34. The molecule has 0 radical (unpaired) electrons. The van der Waals surface area contributed by atoms with Crippen molar-refractivity contribution in [2.45, 2.75) is 27.3 Å². The normalized spacial score (nSPS) is 10.9. The number of thiophene rings is 1. The zero-order valence-electron chi connectivity index (χ0n) is 15.0. The van der Waals surface area contributed by atoms with Crippen LogP contribution in [0.4, 0.5) is 0 Å².